The quantitative estimate of drug-likeness (QED) is 0.803. The molecule has 1 amide bonds. The number of thioether (sulfide) groups is 1. The van der Waals surface area contributed by atoms with Crippen LogP contribution in [0.4, 0.5) is 5.69 Å². The van der Waals surface area contributed by atoms with E-state index in [2.05, 4.69) is 0 Å². The van der Waals surface area contributed by atoms with Gasteiger partial charge in [-0.15, -0.1) is 11.8 Å². The van der Waals surface area contributed by atoms with Gasteiger partial charge in [-0.25, -0.2) is 0 Å². The predicted octanol–water partition coefficient (Wildman–Crippen LogP) is 3.69. The number of carbonyl (C=O) groups excluding carboxylic acids is 1. The van der Waals surface area contributed by atoms with Crippen molar-refractivity contribution in [3.63, 3.8) is 0 Å². The molecule has 0 aliphatic carbocycles. The molecular weight excluding hydrogens is 270 g/mol. The summed E-state index contributed by atoms with van der Waals surface area (Å²) in [6.07, 6.45) is 1.99. The van der Waals surface area contributed by atoms with Gasteiger partial charge in [0.15, 0.2) is 0 Å². The maximum absolute atomic E-state index is 12.6. The number of rotatable bonds is 4. The molecule has 0 aliphatic rings. The Morgan fingerprint density at radius 2 is 1.85 bits per heavy atom. The summed E-state index contributed by atoms with van der Waals surface area (Å²) in [6, 6.07) is 15.2. The highest BCUT2D eigenvalue weighted by Crippen LogP contribution is 2.27. The van der Waals surface area contributed by atoms with Crippen molar-refractivity contribution in [2.45, 2.75) is 4.90 Å². The Hall–Kier alpha value is -1.94. The summed E-state index contributed by atoms with van der Waals surface area (Å²) in [5, 5.41) is 0. The number of nitrogens with zero attached hydrogens (tertiary/aromatic N) is 1. The molecule has 0 aliphatic heterocycles. The number of carbonyl (C=O) groups is 1. The Labute approximate surface area is 123 Å². The summed E-state index contributed by atoms with van der Waals surface area (Å²) < 4.78 is 5.33. The van der Waals surface area contributed by atoms with Crippen LogP contribution >= 0.6 is 11.8 Å². The maximum Gasteiger partial charge on any atom is 0.261 e. The van der Waals surface area contributed by atoms with Gasteiger partial charge in [-0.2, -0.15) is 0 Å². The largest absolute Gasteiger partial charge is 0.496 e. The number of hydrogen-bond acceptors (Lipinski definition) is 3. The molecule has 2 aromatic rings. The van der Waals surface area contributed by atoms with Gasteiger partial charge >= 0.3 is 0 Å². The lowest BCUT2D eigenvalue weighted by molar-refractivity contribution is 0.0990. The van der Waals surface area contributed by atoms with Crippen LogP contribution in [0.2, 0.25) is 0 Å². The Bertz CT molecular complexity index is 599. The van der Waals surface area contributed by atoms with Crippen molar-refractivity contribution in [1.29, 1.82) is 0 Å². The molecule has 0 radical (unpaired) electrons. The third-order valence-corrected chi connectivity index (χ3v) is 3.81. The van der Waals surface area contributed by atoms with E-state index in [0.29, 0.717) is 11.3 Å². The number of ether oxygens (including phenoxy) is 1. The van der Waals surface area contributed by atoms with Gasteiger partial charge in [-0.05, 0) is 36.6 Å². The first-order valence-electron chi connectivity index (χ1n) is 6.22. The molecule has 0 heterocycles. The molecule has 0 saturated heterocycles. The van der Waals surface area contributed by atoms with Gasteiger partial charge < -0.3 is 9.64 Å². The van der Waals surface area contributed by atoms with E-state index in [0.717, 1.165) is 10.6 Å². The third-order valence-electron chi connectivity index (χ3n) is 3.09. The summed E-state index contributed by atoms with van der Waals surface area (Å²) >= 11 is 1.62. The van der Waals surface area contributed by atoms with Crippen molar-refractivity contribution in [2.75, 3.05) is 25.3 Å². The fourth-order valence-corrected chi connectivity index (χ4v) is 2.35. The zero-order valence-electron chi connectivity index (χ0n) is 11.8. The van der Waals surface area contributed by atoms with Crippen molar-refractivity contribution >= 4 is 23.4 Å². The summed E-state index contributed by atoms with van der Waals surface area (Å²) in [4.78, 5) is 15.3. The molecular formula is C16H17NO2S. The lowest BCUT2D eigenvalue weighted by Crippen LogP contribution is -2.26. The van der Waals surface area contributed by atoms with Crippen molar-refractivity contribution in [3.05, 3.63) is 54.1 Å². The number of anilines is 1. The molecule has 0 unspecified atom stereocenters. The normalized spacial score (nSPS) is 10.2. The zero-order chi connectivity index (χ0) is 14.5. The molecule has 0 atom stereocenters. The van der Waals surface area contributed by atoms with Crippen LogP contribution in [0, 0.1) is 0 Å². The minimum absolute atomic E-state index is 0.0827. The topological polar surface area (TPSA) is 29.5 Å². The Morgan fingerprint density at radius 3 is 2.45 bits per heavy atom. The van der Waals surface area contributed by atoms with E-state index in [4.69, 9.17) is 4.74 Å². The van der Waals surface area contributed by atoms with E-state index in [1.807, 2.05) is 54.8 Å². The van der Waals surface area contributed by atoms with Crippen molar-refractivity contribution < 1.29 is 9.53 Å². The molecule has 104 valence electrons. The van der Waals surface area contributed by atoms with Crippen molar-refractivity contribution in [2.24, 2.45) is 0 Å². The Morgan fingerprint density at radius 1 is 1.15 bits per heavy atom. The molecule has 2 rings (SSSR count). The zero-order valence-corrected chi connectivity index (χ0v) is 12.6. The monoisotopic (exact) mass is 287 g/mol. The standard InChI is InChI=1S/C16H17NO2S/c1-17(12-7-5-4-6-8-12)16(18)14-10-9-13(20-3)11-15(14)19-2/h4-11H,1-3H3. The van der Waals surface area contributed by atoms with Gasteiger partial charge in [0.1, 0.15) is 5.75 Å². The fourth-order valence-electron chi connectivity index (χ4n) is 1.92. The van der Waals surface area contributed by atoms with E-state index < -0.39 is 0 Å². The highest BCUT2D eigenvalue weighted by atomic mass is 32.2. The summed E-state index contributed by atoms with van der Waals surface area (Å²) in [7, 11) is 3.35. The Balaban J connectivity index is 2.33. The van der Waals surface area contributed by atoms with Gasteiger partial charge in [0.05, 0.1) is 12.7 Å². The van der Waals surface area contributed by atoms with E-state index in [9.17, 15) is 4.79 Å². The van der Waals surface area contributed by atoms with Gasteiger partial charge in [-0.1, -0.05) is 18.2 Å². The van der Waals surface area contributed by atoms with Crippen molar-refractivity contribution in [1.82, 2.24) is 0 Å². The van der Waals surface area contributed by atoms with E-state index in [1.54, 1.807) is 30.8 Å². The van der Waals surface area contributed by atoms with E-state index in [1.165, 1.54) is 0 Å². The van der Waals surface area contributed by atoms with Crippen LogP contribution in [0.5, 0.6) is 5.75 Å². The summed E-state index contributed by atoms with van der Waals surface area (Å²) in [5.41, 5.74) is 1.42. The van der Waals surface area contributed by atoms with Gasteiger partial charge in [-0.3, -0.25) is 4.79 Å². The highest BCUT2D eigenvalue weighted by molar-refractivity contribution is 7.98. The second-order valence-electron chi connectivity index (χ2n) is 4.27. The van der Waals surface area contributed by atoms with Crippen LogP contribution < -0.4 is 9.64 Å². The number of methoxy groups -OCH3 is 1. The number of hydrogen-bond donors (Lipinski definition) is 0. The molecule has 0 aromatic heterocycles. The van der Waals surface area contributed by atoms with Crippen molar-refractivity contribution in [3.8, 4) is 5.75 Å². The predicted molar refractivity (Wildman–Crippen MR) is 84.0 cm³/mol. The molecule has 3 nitrogen and oxygen atoms in total. The number of amides is 1. The first kappa shape index (κ1) is 14.5. The molecule has 2 aromatic carbocycles. The third kappa shape index (κ3) is 2.96. The van der Waals surface area contributed by atoms with Crippen LogP contribution in [0.25, 0.3) is 0 Å². The van der Waals surface area contributed by atoms with Crippen LogP contribution in [-0.2, 0) is 0 Å². The molecule has 4 heteroatoms. The average Bonchev–Trinajstić information content (AvgIpc) is 2.53. The van der Waals surface area contributed by atoms with Crippen LogP contribution in [0.15, 0.2) is 53.4 Å². The molecule has 0 spiro atoms. The molecule has 0 fully saturated rings. The van der Waals surface area contributed by atoms with Gasteiger partial charge in [0.25, 0.3) is 5.91 Å². The van der Waals surface area contributed by atoms with Crippen LogP contribution in [-0.4, -0.2) is 26.3 Å². The van der Waals surface area contributed by atoms with Gasteiger partial charge in [0, 0.05) is 17.6 Å². The first-order chi connectivity index (χ1) is 9.67. The Kier molecular flexibility index (Phi) is 4.69. The second kappa shape index (κ2) is 6.48. The lowest BCUT2D eigenvalue weighted by Gasteiger charge is -2.19. The first-order valence-corrected chi connectivity index (χ1v) is 7.45. The average molecular weight is 287 g/mol. The number of benzene rings is 2. The van der Waals surface area contributed by atoms with E-state index >= 15 is 0 Å². The molecule has 0 bridgehead atoms. The maximum atomic E-state index is 12.6. The molecule has 0 saturated carbocycles. The van der Waals surface area contributed by atoms with Crippen LogP contribution in [0.3, 0.4) is 0 Å². The minimum atomic E-state index is -0.0827. The van der Waals surface area contributed by atoms with E-state index in [-0.39, 0.29) is 5.91 Å². The number of para-hydroxylation sites is 1. The summed E-state index contributed by atoms with van der Waals surface area (Å²) in [6.45, 7) is 0. The SMILES string of the molecule is COc1cc(SC)ccc1C(=O)N(C)c1ccccc1. The van der Waals surface area contributed by atoms with Crippen LogP contribution in [0.1, 0.15) is 10.4 Å². The smallest absolute Gasteiger partial charge is 0.261 e. The van der Waals surface area contributed by atoms with Gasteiger partial charge in [0.2, 0.25) is 0 Å². The lowest BCUT2D eigenvalue weighted by atomic mass is 10.1. The molecule has 20 heavy (non-hydrogen) atoms. The highest BCUT2D eigenvalue weighted by Gasteiger charge is 2.18. The summed E-state index contributed by atoms with van der Waals surface area (Å²) in [5.74, 6) is 0.519. The fraction of sp³-hybridized carbons (Fsp3) is 0.188. The molecule has 0 N–H and O–H groups in total. The second-order valence-corrected chi connectivity index (χ2v) is 5.15. The minimum Gasteiger partial charge on any atom is -0.496 e.